The van der Waals surface area contributed by atoms with Crippen LogP contribution in [0.1, 0.15) is 5.56 Å². The summed E-state index contributed by atoms with van der Waals surface area (Å²) < 4.78 is 77.8. The van der Waals surface area contributed by atoms with Crippen molar-refractivity contribution in [3.63, 3.8) is 0 Å². The summed E-state index contributed by atoms with van der Waals surface area (Å²) in [7, 11) is 0. The highest BCUT2D eigenvalue weighted by atomic mass is 19.3. The van der Waals surface area contributed by atoms with Gasteiger partial charge in [0.2, 0.25) is 5.78 Å². The average molecular weight is 421 g/mol. The fraction of sp³-hybridized carbons (Fsp3) is 0.0909. The van der Waals surface area contributed by atoms with Gasteiger partial charge in [-0.05, 0) is 32.3 Å². The van der Waals surface area contributed by atoms with Crippen LogP contribution in [-0.4, -0.2) is 22.7 Å². The molecule has 0 aliphatic heterocycles. The summed E-state index contributed by atoms with van der Waals surface area (Å²) in [5.41, 5.74) is -0.0714. The third-order valence-corrected chi connectivity index (χ3v) is 5.01. The molecule has 1 N–H and O–H groups in total. The van der Waals surface area contributed by atoms with E-state index in [1.807, 2.05) is 30.3 Å². The van der Waals surface area contributed by atoms with Gasteiger partial charge in [-0.25, -0.2) is 0 Å². The summed E-state index contributed by atoms with van der Waals surface area (Å²) in [6, 6.07) is 15.5. The Bertz CT molecular complexity index is 1290. The second-order valence-corrected chi connectivity index (χ2v) is 6.77. The van der Waals surface area contributed by atoms with E-state index in [0.29, 0.717) is 10.8 Å². The number of carbonyl (C=O) groups is 1. The smallest absolute Gasteiger partial charge is 0.507 e. The Balaban J connectivity index is 1.88. The molecule has 2 nitrogen and oxygen atoms in total. The molecule has 4 rings (SSSR count). The zero-order valence-corrected chi connectivity index (χ0v) is 14.9. The molecule has 0 fully saturated rings. The highest BCUT2D eigenvalue weighted by Gasteiger charge is 2.78. The van der Waals surface area contributed by atoms with Gasteiger partial charge in [0.1, 0.15) is 5.76 Å². The number of hydrogen-bond acceptors (Lipinski definition) is 2. The van der Waals surface area contributed by atoms with E-state index in [4.69, 9.17) is 0 Å². The molecule has 0 aliphatic rings. The van der Waals surface area contributed by atoms with Gasteiger partial charge >= 0.3 is 18.3 Å². The number of rotatable bonds is 5. The minimum Gasteiger partial charge on any atom is -0.507 e. The maximum Gasteiger partial charge on any atom is 0.586 e. The third kappa shape index (κ3) is 2.74. The van der Waals surface area contributed by atoms with Crippen molar-refractivity contribution >= 4 is 43.9 Å². The molecule has 0 spiro atoms. The Morgan fingerprint density at radius 3 is 1.97 bits per heavy atom. The predicted molar refractivity (Wildman–Crippen MR) is 101 cm³/mol. The molecule has 0 saturated carbocycles. The highest BCUT2D eigenvalue weighted by Crippen LogP contribution is 2.44. The molecule has 0 bridgehead atoms. The summed E-state index contributed by atoms with van der Waals surface area (Å²) in [4.78, 5) is 11.7. The van der Waals surface area contributed by atoms with Crippen molar-refractivity contribution < 1.29 is 36.2 Å². The molecule has 0 heterocycles. The van der Waals surface area contributed by atoms with Gasteiger partial charge in [0, 0.05) is 11.6 Å². The zero-order chi connectivity index (χ0) is 21.8. The molecule has 8 heteroatoms. The fourth-order valence-electron chi connectivity index (χ4n) is 3.52. The summed E-state index contributed by atoms with van der Waals surface area (Å²) >= 11 is 0. The second kappa shape index (κ2) is 6.55. The molecule has 0 aliphatic carbocycles. The predicted octanol–water partition coefficient (Wildman–Crippen LogP) is 6.75. The van der Waals surface area contributed by atoms with E-state index < -0.39 is 29.8 Å². The highest BCUT2D eigenvalue weighted by molar-refractivity contribution is 6.24. The van der Waals surface area contributed by atoms with E-state index >= 15 is 0 Å². The summed E-state index contributed by atoms with van der Waals surface area (Å²) in [5, 5.41) is 14.7. The first-order chi connectivity index (χ1) is 14.1. The lowest BCUT2D eigenvalue weighted by molar-refractivity contribution is -0.219. The van der Waals surface area contributed by atoms with Crippen LogP contribution in [0.4, 0.5) is 26.3 Å². The fourth-order valence-corrected chi connectivity index (χ4v) is 3.52. The lowest BCUT2D eigenvalue weighted by Gasteiger charge is -2.16. The second-order valence-electron chi connectivity index (χ2n) is 6.77. The van der Waals surface area contributed by atoms with Crippen LogP contribution >= 0.6 is 0 Å². The van der Waals surface area contributed by atoms with E-state index in [0.717, 1.165) is 21.5 Å². The van der Waals surface area contributed by atoms with Crippen molar-refractivity contribution in [3.8, 4) is 0 Å². The lowest BCUT2D eigenvalue weighted by Crippen LogP contribution is -2.48. The largest absolute Gasteiger partial charge is 0.586 e. The maximum atomic E-state index is 13.6. The molecule has 0 aromatic heterocycles. The number of halogens is 6. The quantitative estimate of drug-likeness (QED) is 0.127. The lowest BCUT2D eigenvalue weighted by atomic mass is 9.91. The number of alkyl halides is 4. The monoisotopic (exact) mass is 421 g/mol. The van der Waals surface area contributed by atoms with Crippen LogP contribution in [0.25, 0.3) is 38.1 Å². The number of aliphatic hydroxyl groups is 1. The first-order valence-electron chi connectivity index (χ1n) is 8.62. The van der Waals surface area contributed by atoms with Crippen LogP contribution in [0.5, 0.6) is 0 Å². The SMILES string of the molecule is O=C(C=C(O)c1ccc2ccc3cccc4ccc1c2c34)C(F)(F)C(F)(F)[C+](F)F. The zero-order valence-electron chi connectivity index (χ0n) is 14.9. The number of hydrogen-bond donors (Lipinski definition) is 1. The molecule has 152 valence electrons. The first-order valence-corrected chi connectivity index (χ1v) is 8.62. The summed E-state index contributed by atoms with van der Waals surface area (Å²) in [6.45, 7) is 0. The Labute approximate surface area is 165 Å². The Kier molecular flexibility index (Phi) is 4.34. The summed E-state index contributed by atoms with van der Waals surface area (Å²) in [6.07, 6.45) is -4.04. The number of carbonyl (C=O) groups excluding carboxylic acids is 1. The van der Waals surface area contributed by atoms with E-state index in [1.165, 1.54) is 6.07 Å². The van der Waals surface area contributed by atoms with Crippen molar-refractivity contribution in [1.29, 1.82) is 0 Å². The first kappa shape index (κ1) is 19.9. The van der Waals surface area contributed by atoms with Crippen LogP contribution in [0.2, 0.25) is 0 Å². The Morgan fingerprint density at radius 1 is 0.833 bits per heavy atom. The molecule has 0 saturated heterocycles. The molecule has 0 amide bonds. The number of allylic oxidation sites excluding steroid dienone is 1. The van der Waals surface area contributed by atoms with E-state index in [2.05, 4.69) is 0 Å². The summed E-state index contributed by atoms with van der Waals surface area (Å²) in [5.74, 6) is -15.3. The van der Waals surface area contributed by atoms with Gasteiger partial charge < -0.3 is 5.11 Å². The molecule has 4 aromatic rings. The maximum absolute atomic E-state index is 13.6. The molecule has 0 radical (unpaired) electrons. The van der Waals surface area contributed by atoms with E-state index in [1.54, 1.807) is 18.2 Å². The topological polar surface area (TPSA) is 37.3 Å². The number of ketones is 1. The van der Waals surface area contributed by atoms with Crippen molar-refractivity contribution in [1.82, 2.24) is 0 Å². The molecule has 4 aromatic carbocycles. The van der Waals surface area contributed by atoms with Crippen LogP contribution in [0.3, 0.4) is 0 Å². The Morgan fingerprint density at radius 2 is 1.37 bits per heavy atom. The van der Waals surface area contributed by atoms with Gasteiger partial charge in [-0.15, -0.1) is 8.78 Å². The molecule has 0 unspecified atom stereocenters. The van der Waals surface area contributed by atoms with Crippen molar-refractivity contribution in [2.45, 2.75) is 11.8 Å². The van der Waals surface area contributed by atoms with Crippen molar-refractivity contribution in [2.24, 2.45) is 0 Å². The minimum atomic E-state index is -5.95. The van der Waals surface area contributed by atoms with Gasteiger partial charge in [0.15, 0.2) is 0 Å². The van der Waals surface area contributed by atoms with Gasteiger partial charge in [-0.1, -0.05) is 54.6 Å². The third-order valence-electron chi connectivity index (χ3n) is 5.01. The van der Waals surface area contributed by atoms with Crippen LogP contribution in [0.15, 0.2) is 60.7 Å². The average Bonchev–Trinajstić information content (AvgIpc) is 2.71. The number of benzene rings is 4. The van der Waals surface area contributed by atoms with Gasteiger partial charge in [-0.3, -0.25) is 4.79 Å². The molecule has 0 atom stereocenters. The van der Waals surface area contributed by atoms with Gasteiger partial charge in [-0.2, -0.15) is 8.78 Å². The van der Waals surface area contributed by atoms with Gasteiger partial charge in [0.05, 0.1) is 8.78 Å². The van der Waals surface area contributed by atoms with Crippen molar-refractivity contribution in [3.05, 3.63) is 72.7 Å². The Hall–Kier alpha value is -3.42. The molecular weight excluding hydrogens is 410 g/mol. The molecular formula is C22H11F6O2+. The van der Waals surface area contributed by atoms with E-state index in [9.17, 15) is 36.2 Å². The van der Waals surface area contributed by atoms with Crippen LogP contribution in [0, 0.1) is 6.43 Å². The van der Waals surface area contributed by atoms with Crippen LogP contribution in [-0.2, 0) is 4.79 Å². The van der Waals surface area contributed by atoms with E-state index in [-0.39, 0.29) is 11.6 Å². The normalized spacial score (nSPS) is 13.5. The number of aliphatic hydroxyl groups excluding tert-OH is 1. The van der Waals surface area contributed by atoms with Crippen LogP contribution < -0.4 is 0 Å². The van der Waals surface area contributed by atoms with Gasteiger partial charge in [0.25, 0.3) is 0 Å². The standard InChI is InChI=1S/C22H10F6O2/c23-20(24)22(27,28)21(25,26)17(30)10-16(29)14-8-6-13-5-4-11-2-1-3-12-7-9-15(14)19(13)18(11)12/h1-10H/p+1. The molecule has 30 heavy (non-hydrogen) atoms. The van der Waals surface area contributed by atoms with Crippen molar-refractivity contribution in [2.75, 3.05) is 0 Å². The minimum absolute atomic E-state index is 0.0714.